The molecule has 0 bridgehead atoms. The van der Waals surface area contributed by atoms with E-state index >= 15 is 0 Å². The Labute approximate surface area is 212 Å². The van der Waals surface area contributed by atoms with E-state index in [2.05, 4.69) is 5.32 Å². The second-order valence-electron chi connectivity index (χ2n) is 9.92. The average molecular weight is 503 g/mol. The van der Waals surface area contributed by atoms with Crippen molar-refractivity contribution in [1.29, 1.82) is 0 Å². The summed E-state index contributed by atoms with van der Waals surface area (Å²) in [7, 11) is 1.50. The van der Waals surface area contributed by atoms with Crippen LogP contribution < -0.4 is 14.8 Å². The van der Waals surface area contributed by atoms with E-state index < -0.39 is 24.2 Å². The lowest BCUT2D eigenvalue weighted by molar-refractivity contribution is -0.138. The average Bonchev–Trinajstić information content (AvgIpc) is 3.30. The Morgan fingerprint density at radius 1 is 1.19 bits per heavy atom. The van der Waals surface area contributed by atoms with Crippen molar-refractivity contribution in [2.24, 2.45) is 5.92 Å². The zero-order valence-corrected chi connectivity index (χ0v) is 21.1. The molecule has 4 atom stereocenters. The van der Waals surface area contributed by atoms with Crippen molar-refractivity contribution in [3.63, 3.8) is 0 Å². The summed E-state index contributed by atoms with van der Waals surface area (Å²) in [6, 6.07) is 2.71. The van der Waals surface area contributed by atoms with Gasteiger partial charge in [0.2, 0.25) is 11.8 Å². The van der Waals surface area contributed by atoms with Crippen LogP contribution in [0.3, 0.4) is 0 Å². The molecule has 198 valence electrons. The molecule has 1 aromatic carbocycles. The second kappa shape index (κ2) is 11.6. The molecule has 0 aromatic heterocycles. The summed E-state index contributed by atoms with van der Waals surface area (Å²) in [6.07, 6.45) is 5.65. The Kier molecular flexibility index (Phi) is 8.54. The van der Waals surface area contributed by atoms with Crippen LogP contribution >= 0.6 is 0 Å². The Bertz CT molecular complexity index is 989. The van der Waals surface area contributed by atoms with Crippen LogP contribution in [0, 0.1) is 5.92 Å². The highest BCUT2D eigenvalue weighted by Gasteiger charge is 2.51. The molecule has 1 saturated carbocycles. The maximum absolute atomic E-state index is 13.3. The molecule has 1 heterocycles. The maximum Gasteiger partial charge on any atom is 0.247 e. The topological polar surface area (TPSA) is 129 Å². The normalized spacial score (nSPS) is 25.3. The number of carbonyl (C=O) groups excluding carboxylic acids is 2. The Hall–Kier alpha value is -2.62. The molecule has 9 nitrogen and oxygen atoms in total. The van der Waals surface area contributed by atoms with Gasteiger partial charge in [-0.25, -0.2) is 0 Å². The Balaban J connectivity index is 1.76. The van der Waals surface area contributed by atoms with Crippen LogP contribution in [0.2, 0.25) is 0 Å². The highest BCUT2D eigenvalue weighted by Crippen LogP contribution is 2.51. The predicted octanol–water partition coefficient (Wildman–Crippen LogP) is 1.63. The van der Waals surface area contributed by atoms with Crippen LogP contribution in [0.25, 0.3) is 0 Å². The number of nitrogens with zero attached hydrogens (tertiary/aromatic N) is 1. The minimum absolute atomic E-state index is 0.0776. The van der Waals surface area contributed by atoms with Crippen molar-refractivity contribution in [1.82, 2.24) is 10.2 Å². The summed E-state index contributed by atoms with van der Waals surface area (Å²) < 4.78 is 11.7. The number of methoxy groups -OCH3 is 1. The van der Waals surface area contributed by atoms with Crippen molar-refractivity contribution >= 4 is 11.8 Å². The molecule has 2 aliphatic carbocycles. The number of hydrogen-bond acceptors (Lipinski definition) is 7. The first kappa shape index (κ1) is 26.4. The SMILES string of the molecule is CCC(=O)N(CC1CCCCC1)[C@@H]1C=C(C(=O)NCCO)[C@@H]2c3cc(CO)cc(OC)c3O[C@@H]2[C@H]1O. The molecule has 4 rings (SSSR count). The molecule has 0 radical (unpaired) electrons. The third kappa shape index (κ3) is 5.10. The maximum atomic E-state index is 13.3. The van der Waals surface area contributed by atoms with E-state index in [1.54, 1.807) is 30.0 Å². The van der Waals surface area contributed by atoms with E-state index in [1.807, 2.05) is 0 Å². The molecule has 0 unspecified atom stereocenters. The fourth-order valence-electron chi connectivity index (χ4n) is 5.86. The number of ether oxygens (including phenoxy) is 2. The van der Waals surface area contributed by atoms with Gasteiger partial charge in [0, 0.05) is 30.6 Å². The van der Waals surface area contributed by atoms with Gasteiger partial charge >= 0.3 is 0 Å². The number of nitrogens with one attached hydrogen (secondary N) is 1. The van der Waals surface area contributed by atoms with Crippen LogP contribution in [0.4, 0.5) is 0 Å². The van der Waals surface area contributed by atoms with Gasteiger partial charge in [0.25, 0.3) is 0 Å². The smallest absolute Gasteiger partial charge is 0.247 e. The van der Waals surface area contributed by atoms with Gasteiger partial charge in [-0.15, -0.1) is 0 Å². The molecule has 0 spiro atoms. The fourth-order valence-corrected chi connectivity index (χ4v) is 5.86. The van der Waals surface area contributed by atoms with Crippen molar-refractivity contribution < 1.29 is 34.4 Å². The number of rotatable bonds is 9. The molecule has 2 amide bonds. The number of aliphatic hydroxyl groups excluding tert-OH is 3. The summed E-state index contributed by atoms with van der Waals surface area (Å²) in [4.78, 5) is 28.2. The number of fused-ring (bicyclic) bond motifs is 3. The molecule has 1 fully saturated rings. The molecule has 9 heteroatoms. The third-order valence-electron chi connectivity index (χ3n) is 7.66. The van der Waals surface area contributed by atoms with E-state index in [9.17, 15) is 24.9 Å². The van der Waals surface area contributed by atoms with Gasteiger partial charge in [0.15, 0.2) is 11.5 Å². The highest BCUT2D eigenvalue weighted by atomic mass is 16.5. The minimum Gasteiger partial charge on any atom is -0.493 e. The zero-order valence-electron chi connectivity index (χ0n) is 21.1. The molecule has 1 aromatic rings. The molecule has 1 aliphatic heterocycles. The van der Waals surface area contributed by atoms with E-state index in [4.69, 9.17) is 9.47 Å². The number of benzene rings is 1. The largest absolute Gasteiger partial charge is 0.493 e. The van der Waals surface area contributed by atoms with Gasteiger partial charge in [-0.1, -0.05) is 26.2 Å². The number of amides is 2. The summed E-state index contributed by atoms with van der Waals surface area (Å²) in [5, 5.41) is 33.4. The summed E-state index contributed by atoms with van der Waals surface area (Å²) in [5.41, 5.74) is 1.62. The van der Waals surface area contributed by atoms with Crippen LogP contribution in [0.5, 0.6) is 11.5 Å². The van der Waals surface area contributed by atoms with Crippen molar-refractivity contribution in [2.75, 3.05) is 26.8 Å². The van der Waals surface area contributed by atoms with Gasteiger partial charge in [-0.05, 0) is 42.5 Å². The quantitative estimate of drug-likeness (QED) is 0.404. The molecule has 4 N–H and O–H groups in total. The van der Waals surface area contributed by atoms with Crippen LogP contribution in [0.15, 0.2) is 23.8 Å². The van der Waals surface area contributed by atoms with Crippen LogP contribution in [-0.4, -0.2) is 77.1 Å². The Morgan fingerprint density at radius 2 is 1.94 bits per heavy atom. The first-order valence-corrected chi connectivity index (χ1v) is 13.0. The monoisotopic (exact) mass is 502 g/mol. The third-order valence-corrected chi connectivity index (χ3v) is 7.66. The van der Waals surface area contributed by atoms with Crippen molar-refractivity contribution in [3.05, 3.63) is 34.9 Å². The van der Waals surface area contributed by atoms with E-state index in [1.165, 1.54) is 13.5 Å². The van der Waals surface area contributed by atoms with Crippen molar-refractivity contribution in [3.8, 4) is 11.5 Å². The minimum atomic E-state index is -1.07. The second-order valence-corrected chi connectivity index (χ2v) is 9.92. The van der Waals surface area contributed by atoms with E-state index in [0.717, 1.165) is 25.7 Å². The summed E-state index contributed by atoms with van der Waals surface area (Å²) in [6.45, 7) is 1.97. The van der Waals surface area contributed by atoms with Crippen LogP contribution in [0.1, 0.15) is 62.5 Å². The fraction of sp³-hybridized carbons (Fsp3) is 0.630. The lowest BCUT2D eigenvalue weighted by Crippen LogP contribution is -2.56. The lowest BCUT2D eigenvalue weighted by atomic mass is 9.76. The van der Waals surface area contributed by atoms with Gasteiger partial charge in [-0.2, -0.15) is 0 Å². The lowest BCUT2D eigenvalue weighted by Gasteiger charge is -2.42. The van der Waals surface area contributed by atoms with Gasteiger partial charge < -0.3 is 35.0 Å². The number of carbonyl (C=O) groups is 2. The van der Waals surface area contributed by atoms with Crippen molar-refractivity contribution in [2.45, 2.75) is 76.2 Å². The molecule has 3 aliphatic rings. The van der Waals surface area contributed by atoms with E-state index in [-0.39, 0.29) is 31.6 Å². The summed E-state index contributed by atoms with van der Waals surface area (Å²) in [5.74, 6) is 0.110. The first-order valence-electron chi connectivity index (χ1n) is 13.0. The molecule has 0 saturated heterocycles. The predicted molar refractivity (Wildman–Crippen MR) is 133 cm³/mol. The van der Waals surface area contributed by atoms with Gasteiger partial charge in [-0.3, -0.25) is 9.59 Å². The number of aliphatic hydroxyl groups is 3. The van der Waals surface area contributed by atoms with E-state index in [0.29, 0.717) is 47.1 Å². The van der Waals surface area contributed by atoms with Gasteiger partial charge in [0.05, 0.1) is 32.3 Å². The Morgan fingerprint density at radius 3 is 2.58 bits per heavy atom. The summed E-state index contributed by atoms with van der Waals surface area (Å²) >= 11 is 0. The molecule has 36 heavy (non-hydrogen) atoms. The molecular formula is C27H38N2O7. The number of hydrogen-bond donors (Lipinski definition) is 4. The van der Waals surface area contributed by atoms with Gasteiger partial charge in [0.1, 0.15) is 12.2 Å². The van der Waals surface area contributed by atoms with Crippen LogP contribution in [-0.2, 0) is 16.2 Å². The standard InChI is InChI=1S/C27H38N2O7/c1-3-22(32)29(14-16-7-5-4-6-8-16)20-13-19(27(34)28-9-10-30)23-18-11-17(15-31)12-21(35-2)25(18)36-26(23)24(20)33/h11-13,16,20,23-24,26,30-31,33H,3-10,14-15H2,1-2H3,(H,28,34)/t20-,23+,24+,26+/m1/s1. The highest BCUT2D eigenvalue weighted by molar-refractivity contribution is 5.96. The first-order chi connectivity index (χ1) is 17.4. The molecular weight excluding hydrogens is 464 g/mol. The zero-order chi connectivity index (χ0) is 25.8.